The molecule has 40 heavy (non-hydrogen) atoms. The van der Waals surface area contributed by atoms with Crippen LogP contribution in [-0.4, -0.2) is 43.2 Å². The summed E-state index contributed by atoms with van der Waals surface area (Å²) >= 11 is 0. The van der Waals surface area contributed by atoms with E-state index in [9.17, 15) is 26.8 Å². The number of nitrogens with zero attached hydrogens (tertiary/aromatic N) is 2. The molecule has 0 unspecified atom stereocenters. The number of hydrogen-bond donors (Lipinski definition) is 2. The van der Waals surface area contributed by atoms with E-state index in [1.165, 1.54) is 0 Å². The first-order valence-electron chi connectivity index (χ1n) is 12.3. The fourth-order valence-corrected chi connectivity index (χ4v) is 4.81. The van der Waals surface area contributed by atoms with Crippen molar-refractivity contribution in [1.82, 2.24) is 19.8 Å². The zero-order valence-corrected chi connectivity index (χ0v) is 22.0. The fourth-order valence-electron chi connectivity index (χ4n) is 3.79. The third-order valence-corrected chi connectivity index (χ3v) is 7.16. The summed E-state index contributed by atoms with van der Waals surface area (Å²) < 4.78 is 61.0. The minimum atomic E-state index is -4.39. The van der Waals surface area contributed by atoms with Crippen molar-refractivity contribution in [3.63, 3.8) is 0 Å². The number of halogens is 2. The topological polar surface area (TPSA) is 119 Å². The number of rotatable bonds is 12. The lowest BCUT2D eigenvalue weighted by Gasteiger charge is -2.14. The SMILES string of the molecule is O=C(CCc1ccc(Cn2cccn2)cc1OCCNC(=O)c1ccccc1)NS(=O)(=O)c1ccc(F)c(F)c1. The number of nitrogens with one attached hydrogen (secondary N) is 2. The van der Waals surface area contributed by atoms with Gasteiger partial charge in [-0.15, -0.1) is 0 Å². The molecule has 2 N–H and O–H groups in total. The minimum absolute atomic E-state index is 0.132. The van der Waals surface area contributed by atoms with Crippen molar-refractivity contribution < 1.29 is 31.5 Å². The highest BCUT2D eigenvalue weighted by Crippen LogP contribution is 2.23. The summed E-state index contributed by atoms with van der Waals surface area (Å²) in [6.45, 7) is 0.846. The van der Waals surface area contributed by atoms with Crippen molar-refractivity contribution in [3.8, 4) is 5.75 Å². The van der Waals surface area contributed by atoms with Gasteiger partial charge in [-0.1, -0.05) is 30.3 Å². The molecule has 9 nitrogen and oxygen atoms in total. The zero-order valence-electron chi connectivity index (χ0n) is 21.2. The Morgan fingerprint density at radius 1 is 0.950 bits per heavy atom. The second kappa shape index (κ2) is 13.0. The first-order valence-corrected chi connectivity index (χ1v) is 13.8. The van der Waals surface area contributed by atoms with Crippen LogP contribution in [0.2, 0.25) is 0 Å². The van der Waals surface area contributed by atoms with Crippen molar-refractivity contribution in [3.05, 3.63) is 114 Å². The van der Waals surface area contributed by atoms with Crippen LogP contribution in [0, 0.1) is 11.6 Å². The highest BCUT2D eigenvalue weighted by Gasteiger charge is 2.20. The quantitative estimate of drug-likeness (QED) is 0.253. The number of sulfonamides is 1. The number of carbonyl (C=O) groups is 2. The van der Waals surface area contributed by atoms with E-state index in [4.69, 9.17) is 4.74 Å². The van der Waals surface area contributed by atoms with Crippen molar-refractivity contribution in [2.24, 2.45) is 0 Å². The van der Waals surface area contributed by atoms with Gasteiger partial charge >= 0.3 is 0 Å². The highest BCUT2D eigenvalue weighted by atomic mass is 32.2. The number of amides is 2. The van der Waals surface area contributed by atoms with Crippen LogP contribution in [-0.2, 0) is 27.8 Å². The van der Waals surface area contributed by atoms with Crippen molar-refractivity contribution in [1.29, 1.82) is 0 Å². The Morgan fingerprint density at radius 3 is 2.48 bits per heavy atom. The first kappa shape index (κ1) is 28.4. The third kappa shape index (κ3) is 7.73. The van der Waals surface area contributed by atoms with E-state index in [1.807, 2.05) is 23.1 Å². The summed E-state index contributed by atoms with van der Waals surface area (Å²) in [4.78, 5) is 24.2. The molecular formula is C28H26F2N4O5S. The number of carbonyl (C=O) groups excluding carboxylic acids is 2. The van der Waals surface area contributed by atoms with Crippen LogP contribution in [0.25, 0.3) is 0 Å². The summed E-state index contributed by atoms with van der Waals surface area (Å²) in [5.41, 5.74) is 2.04. The highest BCUT2D eigenvalue weighted by molar-refractivity contribution is 7.90. The van der Waals surface area contributed by atoms with Crippen LogP contribution in [0.15, 0.2) is 90.1 Å². The Kier molecular flexibility index (Phi) is 9.23. The lowest BCUT2D eigenvalue weighted by molar-refractivity contribution is -0.119. The van der Waals surface area contributed by atoms with Crippen LogP contribution in [0.3, 0.4) is 0 Å². The Bertz CT molecular complexity index is 1580. The second-order valence-corrected chi connectivity index (χ2v) is 10.4. The lowest BCUT2D eigenvalue weighted by atomic mass is 10.1. The molecule has 0 atom stereocenters. The van der Waals surface area contributed by atoms with E-state index in [0.29, 0.717) is 35.6 Å². The summed E-state index contributed by atoms with van der Waals surface area (Å²) in [6, 6.07) is 18.0. The predicted molar refractivity (Wildman–Crippen MR) is 142 cm³/mol. The van der Waals surface area contributed by atoms with Gasteiger partial charge in [0.15, 0.2) is 11.6 Å². The van der Waals surface area contributed by atoms with Gasteiger partial charge in [-0.05, 0) is 60.0 Å². The molecule has 0 aliphatic rings. The van der Waals surface area contributed by atoms with Gasteiger partial charge in [0, 0.05) is 24.4 Å². The minimum Gasteiger partial charge on any atom is -0.491 e. The molecule has 4 rings (SSSR count). The number of benzene rings is 3. The molecule has 208 valence electrons. The monoisotopic (exact) mass is 568 g/mol. The van der Waals surface area contributed by atoms with Crippen molar-refractivity contribution in [2.75, 3.05) is 13.2 Å². The van der Waals surface area contributed by atoms with Gasteiger partial charge in [-0.2, -0.15) is 5.10 Å². The molecule has 0 spiro atoms. The molecule has 0 fully saturated rings. The van der Waals surface area contributed by atoms with E-state index < -0.39 is 32.5 Å². The molecule has 4 aromatic rings. The van der Waals surface area contributed by atoms with E-state index in [1.54, 1.807) is 53.3 Å². The van der Waals surface area contributed by atoms with Gasteiger partial charge in [0.05, 0.1) is 18.0 Å². The van der Waals surface area contributed by atoms with Gasteiger partial charge in [0.2, 0.25) is 5.91 Å². The summed E-state index contributed by atoms with van der Waals surface area (Å²) in [5.74, 6) is -3.14. The van der Waals surface area contributed by atoms with E-state index in [2.05, 4.69) is 10.4 Å². The van der Waals surface area contributed by atoms with Crippen LogP contribution in [0.5, 0.6) is 5.75 Å². The van der Waals surface area contributed by atoms with Crippen LogP contribution < -0.4 is 14.8 Å². The van der Waals surface area contributed by atoms with Gasteiger partial charge in [-0.3, -0.25) is 14.3 Å². The average molecular weight is 569 g/mol. The standard InChI is InChI=1S/C28H26F2N4O5S/c29-24-11-10-23(18-25(24)30)40(37,38)33-27(35)12-9-21-8-7-20(19-34-15-4-13-32-34)17-26(21)39-16-14-31-28(36)22-5-2-1-3-6-22/h1-8,10-11,13,15,17-18H,9,12,14,16,19H2,(H,31,36)(H,33,35). The Labute approximate surface area is 229 Å². The molecule has 1 heterocycles. The molecule has 3 aromatic carbocycles. The van der Waals surface area contributed by atoms with Crippen LogP contribution >= 0.6 is 0 Å². The molecule has 0 aliphatic carbocycles. The summed E-state index contributed by atoms with van der Waals surface area (Å²) in [5, 5.41) is 6.97. The molecular weight excluding hydrogens is 542 g/mol. The van der Waals surface area contributed by atoms with Gasteiger partial charge in [0.25, 0.3) is 15.9 Å². The molecule has 0 bridgehead atoms. The van der Waals surface area contributed by atoms with E-state index >= 15 is 0 Å². The van der Waals surface area contributed by atoms with Crippen LogP contribution in [0.1, 0.15) is 27.9 Å². The van der Waals surface area contributed by atoms with Gasteiger partial charge in [-0.25, -0.2) is 21.9 Å². The molecule has 0 radical (unpaired) electrons. The Morgan fingerprint density at radius 2 is 1.75 bits per heavy atom. The molecule has 2 amide bonds. The largest absolute Gasteiger partial charge is 0.491 e. The smallest absolute Gasteiger partial charge is 0.264 e. The first-order chi connectivity index (χ1) is 19.2. The van der Waals surface area contributed by atoms with Crippen LogP contribution in [0.4, 0.5) is 8.78 Å². The maximum absolute atomic E-state index is 13.5. The van der Waals surface area contributed by atoms with Gasteiger partial charge in [0.1, 0.15) is 12.4 Å². The predicted octanol–water partition coefficient (Wildman–Crippen LogP) is 3.46. The lowest BCUT2D eigenvalue weighted by Crippen LogP contribution is -2.31. The molecule has 0 saturated heterocycles. The van der Waals surface area contributed by atoms with Gasteiger partial charge < -0.3 is 10.1 Å². The number of ether oxygens (including phenoxy) is 1. The Hall–Kier alpha value is -4.58. The number of aryl methyl sites for hydroxylation is 1. The third-order valence-electron chi connectivity index (χ3n) is 5.79. The Balaban J connectivity index is 1.40. The van der Waals surface area contributed by atoms with Crippen molar-refractivity contribution >= 4 is 21.8 Å². The number of aromatic nitrogens is 2. The maximum atomic E-state index is 13.5. The summed E-state index contributed by atoms with van der Waals surface area (Å²) in [6.07, 6.45) is 3.38. The van der Waals surface area contributed by atoms with E-state index in [0.717, 1.165) is 11.6 Å². The van der Waals surface area contributed by atoms with E-state index in [-0.39, 0.29) is 31.9 Å². The second-order valence-electron chi connectivity index (χ2n) is 8.72. The molecule has 12 heteroatoms. The normalized spacial score (nSPS) is 11.2. The number of hydrogen-bond acceptors (Lipinski definition) is 6. The zero-order chi connectivity index (χ0) is 28.5. The average Bonchev–Trinajstić information content (AvgIpc) is 3.45. The maximum Gasteiger partial charge on any atom is 0.264 e. The fraction of sp³-hybridized carbons (Fsp3) is 0.179. The van der Waals surface area contributed by atoms with Crippen molar-refractivity contribution in [2.45, 2.75) is 24.3 Å². The summed E-state index contributed by atoms with van der Waals surface area (Å²) in [7, 11) is -4.39. The molecule has 0 aliphatic heterocycles. The molecule has 1 aromatic heterocycles. The molecule has 0 saturated carbocycles.